The molecule has 0 spiro atoms. The van der Waals surface area contributed by atoms with Crippen LogP contribution in [-0.2, 0) is 0 Å². The first-order chi connectivity index (χ1) is 3.79. The van der Waals surface area contributed by atoms with E-state index in [9.17, 15) is 0 Å². The zero-order valence-electron chi connectivity index (χ0n) is 5.15. The van der Waals surface area contributed by atoms with Gasteiger partial charge in [0.25, 0.3) is 0 Å². The molecule has 1 aliphatic heterocycles. The number of rotatable bonds is 0. The molecule has 0 aromatic heterocycles. The molecule has 1 heteroatoms. The van der Waals surface area contributed by atoms with Crippen molar-refractivity contribution >= 4 is 16.4 Å². The Labute approximate surface area is 53.5 Å². The van der Waals surface area contributed by atoms with Crippen LogP contribution in [0.5, 0.6) is 0 Å². The highest BCUT2D eigenvalue weighted by atomic mass is 32.2. The molecule has 0 aromatic rings. The van der Waals surface area contributed by atoms with Crippen molar-refractivity contribution in [3.63, 3.8) is 0 Å². The van der Waals surface area contributed by atoms with Gasteiger partial charge in [-0.05, 0) is 24.3 Å². The molecule has 8 heavy (non-hydrogen) atoms. The van der Waals surface area contributed by atoms with Crippen molar-refractivity contribution in [3.05, 3.63) is 12.2 Å². The van der Waals surface area contributed by atoms with Gasteiger partial charge in [0.15, 0.2) is 0 Å². The van der Waals surface area contributed by atoms with Gasteiger partial charge in [0.2, 0.25) is 0 Å². The topological polar surface area (TPSA) is 0 Å². The molecule has 0 bridgehead atoms. The zero-order valence-corrected chi connectivity index (χ0v) is 5.97. The summed E-state index contributed by atoms with van der Waals surface area (Å²) in [5.41, 5.74) is 1.43. The van der Waals surface area contributed by atoms with Crippen molar-refractivity contribution in [2.75, 3.05) is 11.5 Å². The first-order valence-corrected chi connectivity index (χ1v) is 4.66. The molecule has 1 fully saturated rings. The molecule has 1 rings (SSSR count). The molecule has 0 amide bonds. The molecule has 0 nitrogen and oxygen atoms in total. The van der Waals surface area contributed by atoms with E-state index in [1.807, 2.05) is 0 Å². The highest BCUT2D eigenvalue weighted by Gasteiger charge is 2.03. The van der Waals surface area contributed by atoms with Crippen molar-refractivity contribution in [2.24, 2.45) is 0 Å². The van der Waals surface area contributed by atoms with Gasteiger partial charge in [0, 0.05) is 0 Å². The second-order valence-corrected chi connectivity index (χ2v) is 4.31. The van der Waals surface area contributed by atoms with E-state index in [1.54, 1.807) is 0 Å². The standard InChI is InChI=1S/C7H12S/c1-7-3-5-8(2)6-4-7/h1-6H2. The Bertz CT molecular complexity index is 96.3. The molecule has 0 unspecified atom stereocenters. The second-order valence-electron chi connectivity index (χ2n) is 2.27. The average Bonchev–Trinajstić information content (AvgIpc) is 1.77. The first-order valence-electron chi connectivity index (χ1n) is 2.93. The third kappa shape index (κ3) is 1.48. The van der Waals surface area contributed by atoms with E-state index in [4.69, 9.17) is 0 Å². The van der Waals surface area contributed by atoms with Crippen LogP contribution in [-0.4, -0.2) is 17.4 Å². The van der Waals surface area contributed by atoms with Crippen LogP contribution < -0.4 is 0 Å². The minimum Gasteiger partial charge on any atom is -0.192 e. The molecule has 0 radical (unpaired) electrons. The van der Waals surface area contributed by atoms with Crippen LogP contribution in [0.2, 0.25) is 0 Å². The van der Waals surface area contributed by atoms with E-state index < -0.39 is 0 Å². The summed E-state index contributed by atoms with van der Waals surface area (Å²) in [5.74, 6) is 6.60. The smallest absolute Gasteiger partial charge is 0.00854 e. The van der Waals surface area contributed by atoms with E-state index >= 15 is 0 Å². The van der Waals surface area contributed by atoms with E-state index in [0.29, 0.717) is 10.5 Å². The third-order valence-electron chi connectivity index (χ3n) is 1.49. The van der Waals surface area contributed by atoms with Crippen LogP contribution in [0.3, 0.4) is 0 Å². The van der Waals surface area contributed by atoms with Gasteiger partial charge in [-0.25, -0.2) is 0 Å². The zero-order chi connectivity index (χ0) is 5.98. The summed E-state index contributed by atoms with van der Waals surface area (Å²) in [6.07, 6.45) is 2.46. The van der Waals surface area contributed by atoms with Gasteiger partial charge >= 0.3 is 0 Å². The molecule has 0 N–H and O–H groups in total. The second kappa shape index (κ2) is 2.49. The van der Waals surface area contributed by atoms with Gasteiger partial charge < -0.3 is 0 Å². The van der Waals surface area contributed by atoms with Crippen LogP contribution in [0.1, 0.15) is 12.8 Å². The molecular formula is C7H12S. The lowest BCUT2D eigenvalue weighted by Crippen LogP contribution is -1.98. The largest absolute Gasteiger partial charge is 0.192 e. The fourth-order valence-corrected chi connectivity index (χ4v) is 2.16. The Morgan fingerprint density at radius 3 is 2.12 bits per heavy atom. The van der Waals surface area contributed by atoms with E-state index in [0.717, 1.165) is 0 Å². The number of allylic oxidation sites excluding steroid dienone is 1. The summed E-state index contributed by atoms with van der Waals surface area (Å²) in [6, 6.07) is 0. The molecule has 0 atom stereocenters. The third-order valence-corrected chi connectivity index (χ3v) is 3.05. The number of hydrogen-bond donors (Lipinski definition) is 0. The Morgan fingerprint density at radius 2 is 1.75 bits per heavy atom. The Balaban J connectivity index is 2.40. The van der Waals surface area contributed by atoms with Gasteiger partial charge in [-0.3, -0.25) is 0 Å². The average molecular weight is 128 g/mol. The lowest BCUT2D eigenvalue weighted by atomic mass is 10.2. The highest BCUT2D eigenvalue weighted by Crippen LogP contribution is 2.24. The van der Waals surface area contributed by atoms with E-state index in [1.165, 1.54) is 29.9 Å². The van der Waals surface area contributed by atoms with Gasteiger partial charge in [0.1, 0.15) is 0 Å². The fourth-order valence-electron chi connectivity index (χ4n) is 0.804. The predicted molar refractivity (Wildman–Crippen MR) is 42.8 cm³/mol. The molecule has 0 aliphatic carbocycles. The maximum absolute atomic E-state index is 4.02. The van der Waals surface area contributed by atoms with Crippen LogP contribution in [0.25, 0.3) is 0 Å². The van der Waals surface area contributed by atoms with Crippen LogP contribution in [0.4, 0.5) is 0 Å². The Hall–Kier alpha value is -0.0400. The van der Waals surface area contributed by atoms with Crippen LogP contribution >= 0.6 is 10.5 Å². The molecule has 46 valence electrons. The molecule has 0 saturated carbocycles. The van der Waals surface area contributed by atoms with Crippen molar-refractivity contribution in [2.45, 2.75) is 12.8 Å². The van der Waals surface area contributed by atoms with Crippen LogP contribution in [0.15, 0.2) is 12.2 Å². The molecule has 1 heterocycles. The summed E-state index contributed by atoms with van der Waals surface area (Å²) in [5, 5.41) is 0. The fraction of sp³-hybridized carbons (Fsp3) is 0.571. The SMILES string of the molecule is C=C1CCS(=C)CC1. The normalized spacial score (nSPS) is 23.8. The minimum atomic E-state index is 0.478. The van der Waals surface area contributed by atoms with Crippen LogP contribution in [0, 0.1) is 0 Å². The van der Waals surface area contributed by atoms with Crippen molar-refractivity contribution in [3.8, 4) is 0 Å². The summed E-state index contributed by atoms with van der Waals surface area (Å²) in [4.78, 5) is 0. The maximum Gasteiger partial charge on any atom is -0.00854 e. The van der Waals surface area contributed by atoms with Gasteiger partial charge in [-0.1, -0.05) is 18.0 Å². The summed E-state index contributed by atoms with van der Waals surface area (Å²) >= 11 is 0. The lowest BCUT2D eigenvalue weighted by Gasteiger charge is -2.15. The molecule has 0 aromatic carbocycles. The summed E-state index contributed by atoms with van der Waals surface area (Å²) < 4.78 is 0. The quantitative estimate of drug-likeness (QED) is 0.346. The van der Waals surface area contributed by atoms with E-state index in [-0.39, 0.29) is 0 Å². The lowest BCUT2D eigenvalue weighted by molar-refractivity contribution is 0.972. The Morgan fingerprint density at radius 1 is 1.25 bits per heavy atom. The van der Waals surface area contributed by atoms with Gasteiger partial charge in [-0.2, -0.15) is 10.5 Å². The summed E-state index contributed by atoms with van der Waals surface area (Å²) in [7, 11) is 0.478. The van der Waals surface area contributed by atoms with Crippen molar-refractivity contribution in [1.29, 1.82) is 0 Å². The predicted octanol–water partition coefficient (Wildman–Crippen LogP) is 2.04. The Kier molecular flexibility index (Phi) is 1.90. The highest BCUT2D eigenvalue weighted by molar-refractivity contribution is 8.14. The molecule has 1 saturated heterocycles. The summed E-state index contributed by atoms with van der Waals surface area (Å²) in [6.45, 7) is 3.93. The number of hydrogen-bond acceptors (Lipinski definition) is 0. The van der Waals surface area contributed by atoms with Crippen molar-refractivity contribution < 1.29 is 0 Å². The van der Waals surface area contributed by atoms with Gasteiger partial charge in [-0.15, -0.1) is 0 Å². The van der Waals surface area contributed by atoms with Crippen molar-refractivity contribution in [1.82, 2.24) is 0 Å². The monoisotopic (exact) mass is 128 g/mol. The van der Waals surface area contributed by atoms with Gasteiger partial charge in [0.05, 0.1) is 0 Å². The minimum absolute atomic E-state index is 0.478. The first kappa shape index (κ1) is 6.09. The van der Waals surface area contributed by atoms with E-state index in [2.05, 4.69) is 12.4 Å². The molecule has 1 aliphatic rings. The maximum atomic E-state index is 4.02. The molecular weight excluding hydrogens is 116 g/mol.